The third-order valence-corrected chi connectivity index (χ3v) is 6.41. The van der Waals surface area contributed by atoms with Crippen LogP contribution in [0.4, 0.5) is 13.2 Å². The molecule has 4 rings (SSSR count). The summed E-state index contributed by atoms with van der Waals surface area (Å²) in [5, 5.41) is 12.3. The van der Waals surface area contributed by atoms with Crippen molar-refractivity contribution in [2.75, 3.05) is 0 Å². The molecule has 182 valence electrons. The second-order valence-corrected chi connectivity index (χ2v) is 8.72. The standard InChI is InChI=1S/C23H20F3N5O3S/c1-12(14-4-2-3-5-15(14)23(24,25)26)34-18-10-20(35-21(18)22(28)32)31-11-29-16-7-6-13(8-17(16)31)9-19(27)30-33/h2-8,10-12,33H,9H2,1H3,(H2,27,30)(H2,28,32)/t12-/m1/s1. The molecule has 0 radical (unpaired) electrons. The molecule has 8 nitrogen and oxygen atoms in total. The monoisotopic (exact) mass is 503 g/mol. The van der Waals surface area contributed by atoms with Crippen LogP contribution in [0.1, 0.15) is 39.4 Å². The average molecular weight is 504 g/mol. The fourth-order valence-corrected chi connectivity index (χ4v) is 4.61. The summed E-state index contributed by atoms with van der Waals surface area (Å²) in [5.41, 5.74) is 12.3. The minimum atomic E-state index is -4.56. The lowest BCUT2D eigenvalue weighted by molar-refractivity contribution is -0.138. The number of ether oxygens (including phenoxy) is 1. The quantitative estimate of drug-likeness (QED) is 0.147. The Kier molecular flexibility index (Phi) is 6.39. The van der Waals surface area contributed by atoms with E-state index in [0.717, 1.165) is 23.0 Å². The van der Waals surface area contributed by atoms with E-state index in [1.807, 2.05) is 0 Å². The number of primary amides is 1. The number of halogens is 3. The number of hydrogen-bond donors (Lipinski definition) is 3. The minimum absolute atomic E-state index is 0.0337. The van der Waals surface area contributed by atoms with E-state index in [1.54, 1.807) is 29.1 Å². The van der Waals surface area contributed by atoms with Crippen LogP contribution in [0.25, 0.3) is 16.0 Å². The van der Waals surface area contributed by atoms with Gasteiger partial charge in [0, 0.05) is 18.1 Å². The van der Waals surface area contributed by atoms with Crippen LogP contribution in [0, 0.1) is 0 Å². The van der Waals surface area contributed by atoms with E-state index < -0.39 is 23.8 Å². The van der Waals surface area contributed by atoms with E-state index in [-0.39, 0.29) is 28.4 Å². The van der Waals surface area contributed by atoms with Crippen LogP contribution in [0.2, 0.25) is 0 Å². The Morgan fingerprint density at radius 1 is 1.23 bits per heavy atom. The number of fused-ring (bicyclic) bond motifs is 1. The van der Waals surface area contributed by atoms with Gasteiger partial charge in [0.2, 0.25) is 0 Å². The number of carbonyl (C=O) groups excluding carboxylic acids is 1. The van der Waals surface area contributed by atoms with E-state index in [1.165, 1.54) is 31.2 Å². The van der Waals surface area contributed by atoms with Crippen molar-refractivity contribution in [2.24, 2.45) is 16.6 Å². The van der Waals surface area contributed by atoms with Crippen molar-refractivity contribution in [2.45, 2.75) is 25.6 Å². The number of aromatic nitrogens is 2. The van der Waals surface area contributed by atoms with Crippen molar-refractivity contribution in [1.82, 2.24) is 9.55 Å². The maximum atomic E-state index is 13.5. The molecule has 0 spiro atoms. The Bertz CT molecular complexity index is 1430. The van der Waals surface area contributed by atoms with E-state index in [9.17, 15) is 18.0 Å². The maximum Gasteiger partial charge on any atom is 0.416 e. The van der Waals surface area contributed by atoms with Crippen LogP contribution in [0.15, 0.2) is 60.0 Å². The van der Waals surface area contributed by atoms with Gasteiger partial charge in [0.15, 0.2) is 0 Å². The molecule has 0 aliphatic rings. The fourth-order valence-electron chi connectivity index (χ4n) is 3.69. The van der Waals surface area contributed by atoms with Crippen LogP contribution in [-0.4, -0.2) is 26.5 Å². The summed E-state index contributed by atoms with van der Waals surface area (Å²) in [4.78, 5) is 16.5. The zero-order valence-corrected chi connectivity index (χ0v) is 19.1. The summed E-state index contributed by atoms with van der Waals surface area (Å²) >= 11 is 1.02. The Morgan fingerprint density at radius 3 is 2.66 bits per heavy atom. The van der Waals surface area contributed by atoms with Gasteiger partial charge in [0.05, 0.1) is 16.6 Å². The number of imidazole rings is 1. The molecule has 2 aromatic carbocycles. The number of alkyl halides is 3. The summed E-state index contributed by atoms with van der Waals surface area (Å²) in [7, 11) is 0. The van der Waals surface area contributed by atoms with Gasteiger partial charge in [-0.15, -0.1) is 11.3 Å². The first kappa shape index (κ1) is 24.1. The third kappa shape index (κ3) is 4.92. The highest BCUT2D eigenvalue weighted by molar-refractivity contribution is 7.16. The van der Waals surface area contributed by atoms with E-state index in [4.69, 9.17) is 21.4 Å². The van der Waals surface area contributed by atoms with Crippen molar-refractivity contribution in [3.05, 3.63) is 76.4 Å². The number of oxime groups is 1. The van der Waals surface area contributed by atoms with E-state index in [2.05, 4.69) is 10.1 Å². The number of nitrogens with zero attached hydrogens (tertiary/aromatic N) is 3. The highest BCUT2D eigenvalue weighted by atomic mass is 32.1. The van der Waals surface area contributed by atoms with Gasteiger partial charge in [0.1, 0.15) is 33.9 Å². The Balaban J connectivity index is 1.72. The predicted octanol–water partition coefficient (Wildman–Crippen LogP) is 4.63. The smallest absolute Gasteiger partial charge is 0.416 e. The predicted molar refractivity (Wildman–Crippen MR) is 125 cm³/mol. The molecule has 0 aliphatic carbocycles. The molecular weight excluding hydrogens is 483 g/mol. The number of nitrogens with two attached hydrogens (primary N) is 2. The minimum Gasteiger partial charge on any atom is -0.484 e. The molecule has 4 aromatic rings. The van der Waals surface area contributed by atoms with Crippen LogP contribution in [0.3, 0.4) is 0 Å². The normalized spacial score (nSPS) is 13.2. The van der Waals surface area contributed by atoms with Crippen molar-refractivity contribution < 1.29 is 27.9 Å². The number of rotatable bonds is 7. The first-order valence-corrected chi connectivity index (χ1v) is 11.1. The van der Waals surface area contributed by atoms with Crippen molar-refractivity contribution in [1.29, 1.82) is 0 Å². The highest BCUT2D eigenvalue weighted by Gasteiger charge is 2.35. The molecule has 2 aromatic heterocycles. The zero-order chi connectivity index (χ0) is 25.3. The molecule has 0 saturated heterocycles. The van der Waals surface area contributed by atoms with Gasteiger partial charge < -0.3 is 21.4 Å². The lowest BCUT2D eigenvalue weighted by atomic mass is 10.0. The molecule has 35 heavy (non-hydrogen) atoms. The average Bonchev–Trinajstić information content (AvgIpc) is 3.42. The van der Waals surface area contributed by atoms with Gasteiger partial charge in [-0.2, -0.15) is 13.2 Å². The van der Waals surface area contributed by atoms with Gasteiger partial charge in [-0.25, -0.2) is 4.98 Å². The van der Waals surface area contributed by atoms with E-state index in [0.29, 0.717) is 16.0 Å². The number of amides is 1. The second kappa shape index (κ2) is 9.29. The summed E-state index contributed by atoms with van der Waals surface area (Å²) in [6.45, 7) is 1.47. The molecule has 12 heteroatoms. The molecular formula is C23H20F3N5O3S. The SMILES string of the molecule is C[C@@H](Oc1cc(-n2cnc3ccc(C/C(N)=N/O)cc32)sc1C(N)=O)c1ccccc1C(F)(F)F. The van der Waals surface area contributed by atoms with Crippen LogP contribution in [-0.2, 0) is 12.6 Å². The van der Waals surface area contributed by atoms with Crippen LogP contribution in [0.5, 0.6) is 5.75 Å². The van der Waals surface area contributed by atoms with Crippen molar-refractivity contribution >= 4 is 34.1 Å². The van der Waals surface area contributed by atoms with Crippen LogP contribution >= 0.6 is 11.3 Å². The molecule has 2 heterocycles. The number of amidine groups is 1. The summed E-state index contributed by atoms with van der Waals surface area (Å²) in [6, 6.07) is 12.0. The molecule has 0 aliphatic heterocycles. The van der Waals surface area contributed by atoms with Gasteiger partial charge >= 0.3 is 6.18 Å². The second-order valence-electron chi connectivity index (χ2n) is 7.69. The lowest BCUT2D eigenvalue weighted by Crippen LogP contribution is -2.15. The van der Waals surface area contributed by atoms with Gasteiger partial charge in [0.25, 0.3) is 5.91 Å². The molecule has 1 amide bonds. The Hall–Kier alpha value is -4.06. The third-order valence-electron chi connectivity index (χ3n) is 5.28. The van der Waals surface area contributed by atoms with Crippen molar-refractivity contribution in [3.8, 4) is 10.8 Å². The molecule has 0 saturated carbocycles. The Morgan fingerprint density at radius 2 is 1.97 bits per heavy atom. The first-order chi connectivity index (χ1) is 16.6. The lowest BCUT2D eigenvalue weighted by Gasteiger charge is -2.19. The first-order valence-electron chi connectivity index (χ1n) is 10.3. The van der Waals surface area contributed by atoms with Gasteiger partial charge in [-0.3, -0.25) is 9.36 Å². The largest absolute Gasteiger partial charge is 0.484 e. The molecule has 1 atom stereocenters. The molecule has 0 bridgehead atoms. The molecule has 0 unspecified atom stereocenters. The number of thiophene rings is 1. The van der Waals surface area contributed by atoms with Gasteiger partial charge in [-0.1, -0.05) is 29.4 Å². The number of hydrogen-bond acceptors (Lipinski definition) is 6. The summed E-state index contributed by atoms with van der Waals surface area (Å²) in [6.07, 6.45) is -3.82. The highest BCUT2D eigenvalue weighted by Crippen LogP contribution is 2.39. The number of carbonyl (C=O) groups is 1. The molecule has 5 N–H and O–H groups in total. The van der Waals surface area contributed by atoms with Crippen LogP contribution < -0.4 is 16.2 Å². The van der Waals surface area contributed by atoms with Gasteiger partial charge in [-0.05, 0) is 30.7 Å². The fraction of sp³-hybridized carbons (Fsp3) is 0.174. The topological polar surface area (TPSA) is 129 Å². The Labute approximate surface area is 201 Å². The molecule has 0 fully saturated rings. The number of benzene rings is 2. The summed E-state index contributed by atoms with van der Waals surface area (Å²) < 4.78 is 47.9. The summed E-state index contributed by atoms with van der Waals surface area (Å²) in [5.74, 6) is -0.674. The maximum absolute atomic E-state index is 13.5. The zero-order valence-electron chi connectivity index (χ0n) is 18.3. The van der Waals surface area contributed by atoms with E-state index >= 15 is 0 Å². The van der Waals surface area contributed by atoms with Crippen molar-refractivity contribution in [3.63, 3.8) is 0 Å².